The molecule has 0 saturated carbocycles. The molecule has 1 unspecified atom stereocenters. The number of hydroxylamine groups is 2. The Labute approximate surface area is 132 Å². The van der Waals surface area contributed by atoms with Gasteiger partial charge in [0.1, 0.15) is 6.61 Å². The minimum absolute atomic E-state index is 0.211. The molecule has 126 valence electrons. The summed E-state index contributed by atoms with van der Waals surface area (Å²) in [6.07, 6.45) is 1.69. The van der Waals surface area contributed by atoms with Crippen molar-refractivity contribution in [2.24, 2.45) is 5.92 Å². The first-order chi connectivity index (χ1) is 10.4. The van der Waals surface area contributed by atoms with E-state index in [0.717, 1.165) is 12.8 Å². The fourth-order valence-corrected chi connectivity index (χ4v) is 4.03. The normalized spacial score (nSPS) is 18.3. The summed E-state index contributed by atoms with van der Waals surface area (Å²) in [6.45, 7) is 5.12. The van der Waals surface area contributed by atoms with Crippen LogP contribution in [-0.2, 0) is 19.6 Å². The monoisotopic (exact) mass is 332 g/mol. The lowest BCUT2D eigenvalue weighted by Gasteiger charge is -2.32. The number of ether oxygens (including phenoxy) is 1. The predicted octanol–water partition coefficient (Wildman–Crippen LogP) is 0.304. The molecular formula is C14H24N2O5S. The van der Waals surface area contributed by atoms with E-state index < -0.39 is 16.1 Å². The molecule has 8 heteroatoms. The van der Waals surface area contributed by atoms with Crippen LogP contribution < -0.4 is 0 Å². The van der Waals surface area contributed by atoms with E-state index >= 15 is 0 Å². The van der Waals surface area contributed by atoms with E-state index in [1.54, 1.807) is 6.92 Å². The number of hydrogen-bond acceptors (Lipinski definition) is 5. The molecule has 1 rings (SSSR count). The van der Waals surface area contributed by atoms with Gasteiger partial charge >= 0.3 is 0 Å². The van der Waals surface area contributed by atoms with Crippen LogP contribution in [-0.4, -0.2) is 67.5 Å². The lowest BCUT2D eigenvalue weighted by atomic mass is 9.99. The largest absolute Gasteiger partial charge is 0.368 e. The van der Waals surface area contributed by atoms with Gasteiger partial charge in [-0.2, -0.15) is 0 Å². The van der Waals surface area contributed by atoms with Crippen LogP contribution in [0.3, 0.4) is 0 Å². The van der Waals surface area contributed by atoms with Gasteiger partial charge in [0.15, 0.2) is 0 Å². The van der Waals surface area contributed by atoms with Crippen LogP contribution in [0.4, 0.5) is 0 Å². The Morgan fingerprint density at radius 1 is 1.45 bits per heavy atom. The Morgan fingerprint density at radius 2 is 2.09 bits per heavy atom. The fraction of sp³-hybridized carbons (Fsp3) is 0.786. The zero-order valence-electron chi connectivity index (χ0n) is 13.1. The molecule has 0 bridgehead atoms. The first-order valence-electron chi connectivity index (χ1n) is 7.28. The Bertz CT molecular complexity index is 503. The zero-order valence-corrected chi connectivity index (χ0v) is 13.9. The highest BCUT2D eigenvalue weighted by Crippen LogP contribution is 2.20. The molecule has 1 atom stereocenters. The molecule has 1 N–H and O–H groups in total. The molecule has 1 amide bonds. The second kappa shape index (κ2) is 9.10. The Kier molecular flexibility index (Phi) is 7.82. The summed E-state index contributed by atoms with van der Waals surface area (Å²) in [4.78, 5) is 10.4. The van der Waals surface area contributed by atoms with Crippen molar-refractivity contribution in [3.8, 4) is 11.8 Å². The van der Waals surface area contributed by atoms with Gasteiger partial charge in [0, 0.05) is 13.1 Å². The lowest BCUT2D eigenvalue weighted by Crippen LogP contribution is -2.45. The fourth-order valence-electron chi connectivity index (χ4n) is 2.29. The van der Waals surface area contributed by atoms with Crippen LogP contribution in [0.15, 0.2) is 0 Å². The maximum Gasteiger partial charge on any atom is 0.233 e. The minimum Gasteiger partial charge on any atom is -0.368 e. The van der Waals surface area contributed by atoms with Crippen molar-refractivity contribution >= 4 is 16.4 Å². The number of hydrogen-bond donors (Lipinski definition) is 1. The number of rotatable bonds is 8. The van der Waals surface area contributed by atoms with Crippen molar-refractivity contribution < 1.29 is 23.2 Å². The van der Waals surface area contributed by atoms with Gasteiger partial charge in [0.05, 0.1) is 18.4 Å². The van der Waals surface area contributed by atoms with Gasteiger partial charge in [-0.15, -0.1) is 5.92 Å². The molecule has 1 aliphatic heterocycles. The number of nitrogens with zero attached hydrogens (tertiary/aromatic N) is 2. The smallest absolute Gasteiger partial charge is 0.233 e. The summed E-state index contributed by atoms with van der Waals surface area (Å²) in [5.41, 5.74) is 0. The SMILES string of the molecule is CC#CCOCC1CCN(S(=O)(=O)CC(C)N(O)C=O)CC1. The third-order valence-electron chi connectivity index (χ3n) is 3.68. The van der Waals surface area contributed by atoms with Gasteiger partial charge in [0.2, 0.25) is 16.4 Å². The molecule has 0 aromatic heterocycles. The molecule has 0 radical (unpaired) electrons. The van der Waals surface area contributed by atoms with E-state index in [1.807, 2.05) is 0 Å². The molecular weight excluding hydrogens is 308 g/mol. The number of piperidine rings is 1. The van der Waals surface area contributed by atoms with Crippen molar-refractivity contribution in [2.75, 3.05) is 32.1 Å². The number of sulfonamides is 1. The van der Waals surface area contributed by atoms with Gasteiger partial charge in [-0.1, -0.05) is 5.92 Å². The van der Waals surface area contributed by atoms with Crippen molar-refractivity contribution in [1.82, 2.24) is 9.37 Å². The van der Waals surface area contributed by atoms with Crippen molar-refractivity contribution in [2.45, 2.75) is 32.7 Å². The van der Waals surface area contributed by atoms with Gasteiger partial charge < -0.3 is 4.74 Å². The highest BCUT2D eigenvalue weighted by Gasteiger charge is 2.30. The van der Waals surface area contributed by atoms with Gasteiger partial charge in [0.25, 0.3) is 0 Å². The van der Waals surface area contributed by atoms with Crippen molar-refractivity contribution in [1.29, 1.82) is 0 Å². The van der Waals surface area contributed by atoms with E-state index in [9.17, 15) is 18.4 Å². The molecule has 0 aromatic carbocycles. The summed E-state index contributed by atoms with van der Waals surface area (Å²) < 4.78 is 31.3. The summed E-state index contributed by atoms with van der Waals surface area (Å²) >= 11 is 0. The van der Waals surface area contributed by atoms with E-state index in [2.05, 4.69) is 11.8 Å². The standard InChI is InChI=1S/C14H24N2O5S/c1-3-4-9-21-10-14-5-7-15(8-6-14)22(19,20)11-13(2)16(18)12-17/h12-14,18H,5-11H2,1-2H3. The third-order valence-corrected chi connectivity index (χ3v) is 5.74. The highest BCUT2D eigenvalue weighted by atomic mass is 32.2. The average molecular weight is 332 g/mol. The summed E-state index contributed by atoms with van der Waals surface area (Å²) in [5.74, 6) is 5.63. The quantitative estimate of drug-likeness (QED) is 0.227. The molecule has 0 spiro atoms. The summed E-state index contributed by atoms with van der Waals surface area (Å²) in [6, 6.07) is -0.767. The Hall–Kier alpha value is -1.14. The second-order valence-electron chi connectivity index (χ2n) is 5.40. The maximum atomic E-state index is 12.2. The van der Waals surface area contributed by atoms with Crippen LogP contribution >= 0.6 is 0 Å². The van der Waals surface area contributed by atoms with Crippen molar-refractivity contribution in [3.05, 3.63) is 0 Å². The van der Waals surface area contributed by atoms with E-state index in [-0.39, 0.29) is 12.2 Å². The molecule has 1 fully saturated rings. The highest BCUT2D eigenvalue weighted by molar-refractivity contribution is 7.89. The molecule has 0 aromatic rings. The summed E-state index contributed by atoms with van der Waals surface area (Å²) in [5, 5.41) is 9.61. The van der Waals surface area contributed by atoms with Gasteiger partial charge in [-0.25, -0.2) is 17.8 Å². The molecule has 0 aliphatic carbocycles. The zero-order chi connectivity index (χ0) is 16.6. The van der Waals surface area contributed by atoms with Gasteiger partial charge in [-0.3, -0.25) is 10.0 Å². The van der Waals surface area contributed by atoms with Crippen LogP contribution in [0, 0.1) is 17.8 Å². The predicted molar refractivity (Wildman–Crippen MR) is 81.5 cm³/mol. The minimum atomic E-state index is -3.48. The second-order valence-corrected chi connectivity index (χ2v) is 7.41. The van der Waals surface area contributed by atoms with Crippen LogP contribution in [0.25, 0.3) is 0 Å². The number of carbonyl (C=O) groups excluding carboxylic acids is 1. The topological polar surface area (TPSA) is 87.2 Å². The van der Waals surface area contributed by atoms with E-state index in [0.29, 0.717) is 37.3 Å². The summed E-state index contributed by atoms with van der Waals surface area (Å²) in [7, 11) is -3.48. The molecule has 22 heavy (non-hydrogen) atoms. The first-order valence-corrected chi connectivity index (χ1v) is 8.89. The number of amides is 1. The van der Waals surface area contributed by atoms with E-state index in [4.69, 9.17) is 4.74 Å². The molecule has 7 nitrogen and oxygen atoms in total. The number of carbonyl (C=O) groups is 1. The Balaban J connectivity index is 2.42. The van der Waals surface area contributed by atoms with Crippen LogP contribution in [0.2, 0.25) is 0 Å². The third kappa shape index (κ3) is 5.93. The van der Waals surface area contributed by atoms with Crippen LogP contribution in [0.1, 0.15) is 26.7 Å². The molecule has 1 aliphatic rings. The molecule has 1 saturated heterocycles. The lowest BCUT2D eigenvalue weighted by molar-refractivity contribution is -0.156. The van der Waals surface area contributed by atoms with Gasteiger partial charge in [-0.05, 0) is 32.6 Å². The molecule has 1 heterocycles. The van der Waals surface area contributed by atoms with E-state index in [1.165, 1.54) is 11.2 Å². The van der Waals surface area contributed by atoms with Crippen LogP contribution in [0.5, 0.6) is 0 Å². The van der Waals surface area contributed by atoms with Crippen molar-refractivity contribution in [3.63, 3.8) is 0 Å². The Morgan fingerprint density at radius 3 is 2.64 bits per heavy atom. The first kappa shape index (κ1) is 18.9. The average Bonchev–Trinajstić information content (AvgIpc) is 2.50. The maximum absolute atomic E-state index is 12.2.